The Kier molecular flexibility index (Phi) is 6.79. The van der Waals surface area contributed by atoms with Crippen LogP contribution in [0.4, 0.5) is 13.2 Å². The average molecular weight is 421 g/mol. The van der Waals surface area contributed by atoms with E-state index in [4.69, 9.17) is 0 Å². The molecule has 0 saturated carbocycles. The minimum absolute atomic E-state index is 0.298. The summed E-state index contributed by atoms with van der Waals surface area (Å²) in [5, 5.41) is 11.5. The molecule has 1 aliphatic heterocycles. The number of nitrogens with zero attached hydrogens (tertiary/aromatic N) is 1. The SMILES string of the molecule is O=C(O)C1=C(CCCCc2cccc(C(F)(F)F)c2)N(Cc2cccs2)CC=C1. The number of carboxylic acids is 1. The van der Waals surface area contributed by atoms with Crippen LogP contribution in [0.25, 0.3) is 0 Å². The second kappa shape index (κ2) is 9.31. The van der Waals surface area contributed by atoms with Crippen LogP contribution in [0.2, 0.25) is 0 Å². The number of aryl methyl sites for hydroxylation is 1. The third-order valence-electron chi connectivity index (χ3n) is 4.84. The van der Waals surface area contributed by atoms with Crippen molar-refractivity contribution < 1.29 is 23.1 Å². The number of carbonyl (C=O) groups is 1. The molecule has 3 nitrogen and oxygen atoms in total. The summed E-state index contributed by atoms with van der Waals surface area (Å²) < 4.78 is 38.5. The van der Waals surface area contributed by atoms with E-state index in [1.807, 2.05) is 23.6 Å². The maximum absolute atomic E-state index is 12.8. The lowest BCUT2D eigenvalue weighted by Gasteiger charge is -2.30. The van der Waals surface area contributed by atoms with E-state index in [1.54, 1.807) is 23.5 Å². The van der Waals surface area contributed by atoms with Gasteiger partial charge in [0.1, 0.15) is 0 Å². The van der Waals surface area contributed by atoms with E-state index in [-0.39, 0.29) is 0 Å². The molecular formula is C22H22F3NO2S. The van der Waals surface area contributed by atoms with Gasteiger partial charge in [-0.3, -0.25) is 0 Å². The summed E-state index contributed by atoms with van der Waals surface area (Å²) in [4.78, 5) is 14.9. The number of benzene rings is 1. The van der Waals surface area contributed by atoms with Crippen LogP contribution in [-0.4, -0.2) is 22.5 Å². The van der Waals surface area contributed by atoms with E-state index in [9.17, 15) is 23.1 Å². The first-order valence-corrected chi connectivity index (χ1v) is 10.3. The number of aliphatic carboxylic acids is 1. The number of hydrogen-bond acceptors (Lipinski definition) is 3. The van der Waals surface area contributed by atoms with Gasteiger partial charge in [-0.2, -0.15) is 13.2 Å². The Morgan fingerprint density at radius 1 is 1.14 bits per heavy atom. The smallest absolute Gasteiger partial charge is 0.416 e. The topological polar surface area (TPSA) is 40.5 Å². The number of hydrogen-bond donors (Lipinski definition) is 1. The number of rotatable bonds is 8. The Balaban J connectivity index is 1.63. The minimum Gasteiger partial charge on any atom is -0.478 e. The molecular weight excluding hydrogens is 399 g/mol. The lowest BCUT2D eigenvalue weighted by Crippen LogP contribution is -2.28. The van der Waals surface area contributed by atoms with Crippen molar-refractivity contribution in [1.29, 1.82) is 0 Å². The molecule has 7 heteroatoms. The molecule has 154 valence electrons. The molecule has 2 aromatic rings. The molecule has 0 saturated heterocycles. The normalized spacial score (nSPS) is 14.5. The molecule has 2 heterocycles. The summed E-state index contributed by atoms with van der Waals surface area (Å²) >= 11 is 1.63. The predicted octanol–water partition coefficient (Wildman–Crippen LogP) is 5.89. The molecule has 29 heavy (non-hydrogen) atoms. The van der Waals surface area contributed by atoms with Crippen LogP contribution in [0.5, 0.6) is 0 Å². The first kappa shape index (κ1) is 21.2. The van der Waals surface area contributed by atoms with Crippen LogP contribution in [0, 0.1) is 0 Å². The second-order valence-electron chi connectivity index (χ2n) is 6.93. The van der Waals surface area contributed by atoms with Crippen molar-refractivity contribution in [1.82, 2.24) is 4.90 Å². The maximum Gasteiger partial charge on any atom is 0.416 e. The highest BCUT2D eigenvalue weighted by Crippen LogP contribution is 2.30. The van der Waals surface area contributed by atoms with E-state index in [2.05, 4.69) is 4.90 Å². The van der Waals surface area contributed by atoms with Crippen LogP contribution in [0.1, 0.15) is 35.3 Å². The number of thiophene rings is 1. The summed E-state index contributed by atoms with van der Waals surface area (Å²) in [5.41, 5.74) is 1.10. The highest BCUT2D eigenvalue weighted by atomic mass is 32.1. The van der Waals surface area contributed by atoms with Gasteiger partial charge in [0, 0.05) is 17.1 Å². The quantitative estimate of drug-likeness (QED) is 0.540. The molecule has 1 aromatic carbocycles. The molecule has 0 unspecified atom stereocenters. The minimum atomic E-state index is -4.34. The van der Waals surface area contributed by atoms with E-state index in [1.165, 1.54) is 12.1 Å². The van der Waals surface area contributed by atoms with E-state index >= 15 is 0 Å². The average Bonchev–Trinajstić information content (AvgIpc) is 3.18. The largest absolute Gasteiger partial charge is 0.478 e. The highest BCUT2D eigenvalue weighted by molar-refractivity contribution is 7.09. The van der Waals surface area contributed by atoms with Gasteiger partial charge >= 0.3 is 12.1 Å². The first-order chi connectivity index (χ1) is 13.8. The first-order valence-electron chi connectivity index (χ1n) is 9.41. The third-order valence-corrected chi connectivity index (χ3v) is 5.70. The number of carboxylic acid groups (broad SMARTS) is 1. The molecule has 1 aromatic heterocycles. The zero-order valence-electron chi connectivity index (χ0n) is 15.8. The zero-order chi connectivity index (χ0) is 20.9. The summed E-state index contributed by atoms with van der Waals surface area (Å²) in [6.45, 7) is 1.30. The Morgan fingerprint density at radius 3 is 2.62 bits per heavy atom. The van der Waals surface area contributed by atoms with Crippen molar-refractivity contribution in [3.63, 3.8) is 0 Å². The van der Waals surface area contributed by atoms with Crippen molar-refractivity contribution in [2.24, 2.45) is 0 Å². The standard InChI is InChI=1S/C22H22F3NO2S/c23-22(24,25)17-8-3-7-16(14-17)6-1-2-11-20-19(21(27)28)10-4-12-26(20)15-18-9-5-13-29-18/h3-5,7-10,13-14H,1-2,6,11-12,15H2,(H,27,28). The number of alkyl halides is 3. The van der Waals surface area contributed by atoms with E-state index in [0.717, 1.165) is 16.6 Å². The van der Waals surface area contributed by atoms with E-state index in [0.29, 0.717) is 49.9 Å². The van der Waals surface area contributed by atoms with Crippen LogP contribution >= 0.6 is 11.3 Å². The molecule has 0 amide bonds. The maximum atomic E-state index is 12.8. The van der Waals surface area contributed by atoms with Gasteiger partial charge in [-0.1, -0.05) is 30.3 Å². The van der Waals surface area contributed by atoms with Gasteiger partial charge in [-0.25, -0.2) is 4.79 Å². The second-order valence-corrected chi connectivity index (χ2v) is 7.97. The van der Waals surface area contributed by atoms with Gasteiger partial charge in [-0.15, -0.1) is 11.3 Å². The Labute approximate surface area is 171 Å². The summed E-state index contributed by atoms with van der Waals surface area (Å²) in [7, 11) is 0. The monoisotopic (exact) mass is 421 g/mol. The molecule has 0 atom stereocenters. The summed E-state index contributed by atoms with van der Waals surface area (Å²) in [6, 6.07) is 9.38. The third kappa shape index (κ3) is 5.73. The highest BCUT2D eigenvalue weighted by Gasteiger charge is 2.30. The Bertz CT molecular complexity index is 901. The van der Waals surface area contributed by atoms with Crippen LogP contribution in [0.15, 0.2) is 65.2 Å². The fraction of sp³-hybridized carbons (Fsp3) is 0.318. The molecule has 0 bridgehead atoms. The van der Waals surface area contributed by atoms with Crippen molar-refractivity contribution in [2.75, 3.05) is 6.54 Å². The predicted molar refractivity (Wildman–Crippen MR) is 108 cm³/mol. The lowest BCUT2D eigenvalue weighted by atomic mass is 10.00. The van der Waals surface area contributed by atoms with Crippen LogP contribution in [-0.2, 0) is 23.9 Å². The number of unbranched alkanes of at least 4 members (excludes halogenated alkanes) is 1. The summed E-state index contributed by atoms with van der Waals surface area (Å²) in [5.74, 6) is -0.954. The molecule has 0 fully saturated rings. The number of allylic oxidation sites excluding steroid dienone is 1. The summed E-state index contributed by atoms with van der Waals surface area (Å²) in [6.07, 6.45) is 1.66. The van der Waals surface area contributed by atoms with Crippen LogP contribution < -0.4 is 0 Å². The van der Waals surface area contributed by atoms with Crippen molar-refractivity contribution >= 4 is 17.3 Å². The molecule has 1 aliphatic rings. The van der Waals surface area contributed by atoms with Crippen molar-refractivity contribution in [2.45, 2.75) is 38.4 Å². The van der Waals surface area contributed by atoms with Gasteiger partial charge in [0.05, 0.1) is 17.7 Å². The van der Waals surface area contributed by atoms with Crippen molar-refractivity contribution in [3.05, 3.63) is 81.2 Å². The molecule has 0 aliphatic carbocycles. The molecule has 0 spiro atoms. The van der Waals surface area contributed by atoms with Gasteiger partial charge in [0.25, 0.3) is 0 Å². The van der Waals surface area contributed by atoms with Gasteiger partial charge in [-0.05, 0) is 54.8 Å². The van der Waals surface area contributed by atoms with Gasteiger partial charge in [0.2, 0.25) is 0 Å². The fourth-order valence-corrected chi connectivity index (χ4v) is 4.16. The molecule has 1 N–H and O–H groups in total. The Morgan fingerprint density at radius 2 is 1.93 bits per heavy atom. The zero-order valence-corrected chi connectivity index (χ0v) is 16.6. The number of halogens is 3. The molecule has 0 radical (unpaired) electrons. The van der Waals surface area contributed by atoms with E-state index < -0.39 is 17.7 Å². The van der Waals surface area contributed by atoms with Crippen molar-refractivity contribution in [3.8, 4) is 0 Å². The van der Waals surface area contributed by atoms with Gasteiger partial charge < -0.3 is 10.0 Å². The Hall–Kier alpha value is -2.54. The fourth-order valence-electron chi connectivity index (χ4n) is 3.44. The molecule has 3 rings (SSSR count). The lowest BCUT2D eigenvalue weighted by molar-refractivity contribution is -0.137. The van der Waals surface area contributed by atoms with Gasteiger partial charge in [0.15, 0.2) is 0 Å². The van der Waals surface area contributed by atoms with Crippen LogP contribution in [0.3, 0.4) is 0 Å².